The van der Waals surface area contributed by atoms with E-state index in [0.717, 1.165) is 25.1 Å². The first-order valence-electron chi connectivity index (χ1n) is 9.43. The number of hydrogen-bond donors (Lipinski definition) is 1. The zero-order valence-corrected chi connectivity index (χ0v) is 17.0. The second kappa shape index (κ2) is 9.70. The molecule has 1 N–H and O–H groups in total. The van der Waals surface area contributed by atoms with Crippen molar-refractivity contribution in [1.82, 2.24) is 9.78 Å². The minimum Gasteiger partial charge on any atom is -0.497 e. The van der Waals surface area contributed by atoms with Gasteiger partial charge < -0.3 is 23.5 Å². The number of ether oxygens (including phenoxy) is 3. The lowest BCUT2D eigenvalue weighted by molar-refractivity contribution is -0.930. The number of quaternary nitrogens is 1. The summed E-state index contributed by atoms with van der Waals surface area (Å²) < 4.78 is 23.2. The number of piperidine rings is 1. The van der Waals surface area contributed by atoms with Crippen LogP contribution in [0.3, 0.4) is 0 Å². The third kappa shape index (κ3) is 5.32. The number of likely N-dealkylation sites (tertiary alicyclic amines) is 1. The van der Waals surface area contributed by atoms with E-state index in [1.165, 1.54) is 4.90 Å². The maximum absolute atomic E-state index is 12.0. The number of aromatic nitrogens is 2. The average Bonchev–Trinajstić information content (AvgIpc) is 3.06. The maximum atomic E-state index is 12.0. The first-order valence-corrected chi connectivity index (χ1v) is 9.83. The summed E-state index contributed by atoms with van der Waals surface area (Å²) in [6, 6.07) is 7.28. The van der Waals surface area contributed by atoms with Crippen LogP contribution < -0.4 is 14.4 Å². The van der Waals surface area contributed by atoms with Crippen molar-refractivity contribution in [2.75, 3.05) is 26.8 Å². The molecule has 0 amide bonds. The number of nitrogens with zero attached hydrogens (tertiary/aromatic N) is 2. The molecule has 0 spiro atoms. The Morgan fingerprint density at radius 3 is 2.82 bits per heavy atom. The van der Waals surface area contributed by atoms with Gasteiger partial charge in [0, 0.05) is 0 Å². The second-order valence-corrected chi connectivity index (χ2v) is 7.03. The summed E-state index contributed by atoms with van der Waals surface area (Å²) in [7, 11) is 1.62. The van der Waals surface area contributed by atoms with Gasteiger partial charge in [-0.2, -0.15) is 4.68 Å². The molecule has 1 aliphatic rings. The van der Waals surface area contributed by atoms with Gasteiger partial charge in [-0.25, -0.2) is 0 Å². The molecule has 1 fully saturated rings. The van der Waals surface area contributed by atoms with E-state index in [2.05, 4.69) is 5.10 Å². The van der Waals surface area contributed by atoms with Crippen molar-refractivity contribution in [2.45, 2.75) is 33.0 Å². The van der Waals surface area contributed by atoms with E-state index in [0.29, 0.717) is 36.3 Å². The maximum Gasteiger partial charge on any atom is 0.314 e. The lowest BCUT2D eigenvalue weighted by Crippen LogP contribution is -3.13. The van der Waals surface area contributed by atoms with Gasteiger partial charge in [0.2, 0.25) is 0 Å². The molecular weight excluding hydrogens is 382 g/mol. The Labute approximate surface area is 169 Å². The normalized spacial score (nSPS) is 19.2. The van der Waals surface area contributed by atoms with Crippen LogP contribution in [0.1, 0.15) is 25.7 Å². The Hall–Kier alpha value is -2.39. The van der Waals surface area contributed by atoms with Crippen molar-refractivity contribution in [1.29, 1.82) is 0 Å². The monoisotopic (exact) mass is 408 g/mol. The number of carbonyl (C=O) groups excluding carboxylic acids is 1. The Balaban J connectivity index is 1.56. The number of nitrogens with one attached hydrogen (secondary N) is 1. The van der Waals surface area contributed by atoms with Crippen LogP contribution in [0.5, 0.6) is 11.5 Å². The van der Waals surface area contributed by atoms with Crippen molar-refractivity contribution in [3.63, 3.8) is 0 Å². The number of carbonyl (C=O) groups is 1. The quantitative estimate of drug-likeness (QED) is 0.525. The molecule has 28 heavy (non-hydrogen) atoms. The fourth-order valence-corrected chi connectivity index (χ4v) is 3.49. The molecule has 1 aromatic carbocycles. The Kier molecular flexibility index (Phi) is 7.05. The van der Waals surface area contributed by atoms with Crippen molar-refractivity contribution >= 4 is 18.2 Å². The van der Waals surface area contributed by atoms with Gasteiger partial charge in [0.05, 0.1) is 26.8 Å². The Bertz CT molecular complexity index is 833. The molecule has 152 valence electrons. The molecule has 1 unspecified atom stereocenters. The van der Waals surface area contributed by atoms with E-state index < -0.39 is 0 Å². The fraction of sp³-hybridized carbons (Fsp3) is 0.526. The summed E-state index contributed by atoms with van der Waals surface area (Å²) in [6.07, 6.45) is 1.84. The van der Waals surface area contributed by atoms with Gasteiger partial charge >= 0.3 is 5.97 Å². The Morgan fingerprint density at radius 1 is 1.36 bits per heavy atom. The minimum absolute atomic E-state index is 0.0670. The summed E-state index contributed by atoms with van der Waals surface area (Å²) in [6.45, 7) is 4.66. The van der Waals surface area contributed by atoms with E-state index in [-0.39, 0.29) is 18.5 Å². The molecule has 2 heterocycles. The molecule has 1 aliphatic heterocycles. The van der Waals surface area contributed by atoms with Gasteiger partial charge in [-0.1, -0.05) is 0 Å². The molecule has 2 atom stereocenters. The highest BCUT2D eigenvalue weighted by Gasteiger charge is 2.30. The summed E-state index contributed by atoms with van der Waals surface area (Å²) in [5.41, 5.74) is 0. The first-order chi connectivity index (χ1) is 13.6. The van der Waals surface area contributed by atoms with Gasteiger partial charge in [-0.05, 0) is 56.2 Å². The first kappa shape index (κ1) is 20.3. The fourth-order valence-electron chi connectivity index (χ4n) is 3.29. The smallest absolute Gasteiger partial charge is 0.314 e. The van der Waals surface area contributed by atoms with Crippen molar-refractivity contribution in [3.05, 3.63) is 35.0 Å². The zero-order valence-electron chi connectivity index (χ0n) is 16.2. The van der Waals surface area contributed by atoms with Crippen LogP contribution in [0.4, 0.5) is 0 Å². The van der Waals surface area contributed by atoms with Crippen LogP contribution >= 0.6 is 12.2 Å². The van der Waals surface area contributed by atoms with Crippen molar-refractivity contribution in [2.24, 2.45) is 5.92 Å². The van der Waals surface area contributed by atoms with Crippen LogP contribution in [0.25, 0.3) is 0 Å². The predicted molar refractivity (Wildman–Crippen MR) is 103 cm³/mol. The van der Waals surface area contributed by atoms with Crippen LogP contribution in [-0.2, 0) is 22.8 Å². The molecule has 1 saturated heterocycles. The molecular formula is C19H26N3O5S+. The summed E-state index contributed by atoms with van der Waals surface area (Å²) in [5.74, 6) is 1.69. The van der Waals surface area contributed by atoms with Gasteiger partial charge in [0.1, 0.15) is 17.4 Å². The van der Waals surface area contributed by atoms with Gasteiger partial charge in [-0.15, -0.1) is 5.10 Å². The molecule has 2 aromatic rings. The van der Waals surface area contributed by atoms with Crippen molar-refractivity contribution in [3.8, 4) is 11.5 Å². The summed E-state index contributed by atoms with van der Waals surface area (Å²) >= 11 is 5.28. The largest absolute Gasteiger partial charge is 0.497 e. The highest BCUT2D eigenvalue weighted by molar-refractivity contribution is 7.71. The molecule has 0 aliphatic carbocycles. The standard InChI is InChI=1S/C19H25N3O5S/c1-3-25-18(23)14-5-4-10-21(11-14)13-22-19(28)27-17(20-22)12-26-16-8-6-15(24-2)7-9-16/h6-9,14H,3-5,10-13H2,1-2H3/p+1/t14-/m0/s1. The topological polar surface area (TPSA) is 80.2 Å². The molecule has 0 saturated carbocycles. The van der Waals surface area contributed by atoms with E-state index >= 15 is 0 Å². The molecule has 0 bridgehead atoms. The number of methoxy groups -OCH3 is 1. The lowest BCUT2D eigenvalue weighted by Gasteiger charge is -2.28. The van der Waals surface area contributed by atoms with Crippen LogP contribution in [0.2, 0.25) is 0 Å². The SMILES string of the molecule is CCOC(=O)[C@H]1CCC[NH+](Cn2nc(COc3ccc(OC)cc3)oc2=S)C1. The Morgan fingerprint density at radius 2 is 2.11 bits per heavy atom. The van der Waals surface area contributed by atoms with Gasteiger partial charge in [0.25, 0.3) is 10.7 Å². The molecule has 1 aromatic heterocycles. The zero-order chi connectivity index (χ0) is 19.9. The molecule has 8 nitrogen and oxygen atoms in total. The van der Waals surface area contributed by atoms with E-state index in [4.69, 9.17) is 30.8 Å². The minimum atomic E-state index is -0.114. The number of esters is 1. The third-order valence-electron chi connectivity index (χ3n) is 4.68. The summed E-state index contributed by atoms with van der Waals surface area (Å²) in [5, 5.41) is 4.42. The average molecular weight is 409 g/mol. The summed E-state index contributed by atoms with van der Waals surface area (Å²) in [4.78, 5) is 13.5. The van der Waals surface area contributed by atoms with Crippen LogP contribution in [0.15, 0.2) is 28.7 Å². The third-order valence-corrected chi connectivity index (χ3v) is 4.98. The van der Waals surface area contributed by atoms with Crippen LogP contribution in [-0.4, -0.2) is 42.6 Å². The number of benzene rings is 1. The number of rotatable bonds is 8. The molecule has 0 radical (unpaired) electrons. The van der Waals surface area contributed by atoms with Crippen LogP contribution in [0, 0.1) is 10.8 Å². The predicted octanol–water partition coefficient (Wildman–Crippen LogP) is 1.61. The molecule has 9 heteroatoms. The van der Waals surface area contributed by atoms with E-state index in [1.54, 1.807) is 11.8 Å². The number of hydrogen-bond acceptors (Lipinski definition) is 7. The second-order valence-electron chi connectivity index (χ2n) is 6.68. The van der Waals surface area contributed by atoms with E-state index in [9.17, 15) is 4.79 Å². The molecule has 3 rings (SSSR count). The highest BCUT2D eigenvalue weighted by Crippen LogP contribution is 2.18. The van der Waals surface area contributed by atoms with E-state index in [1.807, 2.05) is 31.2 Å². The lowest BCUT2D eigenvalue weighted by atomic mass is 9.99. The highest BCUT2D eigenvalue weighted by atomic mass is 32.1. The van der Waals surface area contributed by atoms with Gasteiger partial charge in [-0.3, -0.25) is 4.79 Å². The van der Waals surface area contributed by atoms with Gasteiger partial charge in [0.15, 0.2) is 13.3 Å². The van der Waals surface area contributed by atoms with Crippen molar-refractivity contribution < 1.29 is 28.3 Å².